The van der Waals surface area contributed by atoms with Gasteiger partial charge in [-0.1, -0.05) is 12.2 Å². The number of rotatable bonds is 10. The van der Waals surface area contributed by atoms with Crippen molar-refractivity contribution in [1.82, 2.24) is 10.1 Å². The van der Waals surface area contributed by atoms with E-state index in [1.54, 1.807) is 13.8 Å². The Hall–Kier alpha value is -2.35. The maximum atomic E-state index is 11.7. The molecule has 0 fully saturated rings. The number of amides is 2. The number of allylic oxidation sites excluding steroid dienone is 4. The van der Waals surface area contributed by atoms with Crippen molar-refractivity contribution in [3.63, 3.8) is 0 Å². The van der Waals surface area contributed by atoms with Crippen LogP contribution >= 0.6 is 8.25 Å². The van der Waals surface area contributed by atoms with E-state index >= 15 is 0 Å². The molecule has 0 aliphatic rings. The minimum Gasteiger partial charge on any atom is -0.426 e. The molecule has 9 nitrogen and oxygen atoms in total. The van der Waals surface area contributed by atoms with Crippen LogP contribution in [0, 0.1) is 0 Å². The molecule has 0 aliphatic carbocycles. The molecule has 146 valence electrons. The van der Waals surface area contributed by atoms with Gasteiger partial charge in [-0.2, -0.15) is 0 Å². The van der Waals surface area contributed by atoms with Crippen LogP contribution in [0.4, 0.5) is 0 Å². The maximum Gasteiger partial charge on any atom is 0.417 e. The minimum atomic E-state index is -2.79. The van der Waals surface area contributed by atoms with Gasteiger partial charge in [0, 0.05) is 25.2 Å². The summed E-state index contributed by atoms with van der Waals surface area (Å²) in [6, 6.07) is 0. The van der Waals surface area contributed by atoms with Crippen LogP contribution in [0.1, 0.15) is 13.8 Å². The molecule has 0 aliphatic heterocycles. The first-order valence-electron chi connectivity index (χ1n) is 7.43. The fourth-order valence-corrected chi connectivity index (χ4v) is 1.82. The fourth-order valence-electron chi connectivity index (χ4n) is 1.39. The van der Waals surface area contributed by atoms with Gasteiger partial charge in [-0.25, -0.2) is 14.7 Å². The number of carbonyl (C=O) groups excluding carboxylic acids is 2. The summed E-state index contributed by atoms with van der Waals surface area (Å²) in [6.45, 7) is 3.20. The highest BCUT2D eigenvalue weighted by Gasteiger charge is 2.09. The first kappa shape index (κ1) is 23.6. The normalized spacial score (nSPS) is 13.8. The molecular weight excluding hydrogens is 363 g/mol. The molecule has 0 aromatic carbocycles. The summed E-state index contributed by atoms with van der Waals surface area (Å²) < 4.78 is 21.2. The highest BCUT2D eigenvalue weighted by Crippen LogP contribution is 2.24. The lowest BCUT2D eigenvalue weighted by Gasteiger charge is -2.13. The molecule has 10 heteroatoms. The summed E-state index contributed by atoms with van der Waals surface area (Å²) in [5.41, 5.74) is 0.807. The third-order valence-corrected chi connectivity index (χ3v) is 3.63. The average Bonchev–Trinajstić information content (AvgIpc) is 2.65. The van der Waals surface area contributed by atoms with Gasteiger partial charge in [0.25, 0.3) is 11.8 Å². The molecule has 2 amide bonds. The third-order valence-electron chi connectivity index (χ3n) is 2.97. The van der Waals surface area contributed by atoms with E-state index < -0.39 is 8.25 Å². The summed E-state index contributed by atoms with van der Waals surface area (Å²) in [5.74, 6) is -0.639. The second kappa shape index (κ2) is 12.9. The van der Waals surface area contributed by atoms with Crippen LogP contribution in [0.2, 0.25) is 0 Å². The lowest BCUT2D eigenvalue weighted by atomic mass is 10.2. The van der Waals surface area contributed by atoms with Gasteiger partial charge in [-0.05, 0) is 26.0 Å². The second-order valence-electron chi connectivity index (χ2n) is 4.81. The third kappa shape index (κ3) is 9.22. The molecule has 0 N–H and O–H groups in total. The van der Waals surface area contributed by atoms with Crippen molar-refractivity contribution >= 4 is 20.1 Å². The zero-order valence-corrected chi connectivity index (χ0v) is 16.7. The molecule has 0 heterocycles. The molecule has 0 bridgehead atoms. The van der Waals surface area contributed by atoms with Gasteiger partial charge in [-0.15, -0.1) is 0 Å². The number of hydroxylamine groups is 4. The highest BCUT2D eigenvalue weighted by molar-refractivity contribution is 7.33. The first-order chi connectivity index (χ1) is 12.2. The Labute approximate surface area is 154 Å². The van der Waals surface area contributed by atoms with Gasteiger partial charge < -0.3 is 9.05 Å². The number of likely N-dealkylation sites (N-methyl/N-ethyl adjacent to an activating group) is 2. The molecule has 0 rings (SSSR count). The lowest BCUT2D eigenvalue weighted by Crippen LogP contribution is -2.25. The second-order valence-corrected chi connectivity index (χ2v) is 5.78. The Balaban J connectivity index is 4.39. The smallest absolute Gasteiger partial charge is 0.417 e. The topological polar surface area (TPSA) is 94.6 Å². The van der Waals surface area contributed by atoms with Gasteiger partial charge in [0.15, 0.2) is 0 Å². The molecular formula is C16H25N2O7P. The molecule has 0 unspecified atom stereocenters. The minimum absolute atomic E-state index is 0.320. The van der Waals surface area contributed by atoms with Crippen LogP contribution in [0.3, 0.4) is 0 Å². The van der Waals surface area contributed by atoms with Gasteiger partial charge in [0.05, 0.1) is 26.7 Å². The van der Waals surface area contributed by atoms with E-state index in [-0.39, 0.29) is 11.8 Å². The fraction of sp³-hybridized carbons (Fsp3) is 0.375. The van der Waals surface area contributed by atoms with Crippen molar-refractivity contribution < 1.29 is 32.9 Å². The van der Waals surface area contributed by atoms with Gasteiger partial charge in [0.2, 0.25) is 0 Å². The maximum absolute atomic E-state index is 11.7. The van der Waals surface area contributed by atoms with Crippen LogP contribution in [-0.2, 0) is 32.9 Å². The SMILES string of the molecule is CON(C)C(=O)/C(C)=C\C=C\O[PH](=O)O/C=C/C=C(/C)C(=O)N(C)OC. The Morgan fingerprint density at radius 1 is 0.808 bits per heavy atom. The van der Waals surface area contributed by atoms with E-state index in [0.717, 1.165) is 22.7 Å². The van der Waals surface area contributed by atoms with E-state index in [4.69, 9.17) is 18.7 Å². The van der Waals surface area contributed by atoms with Crippen LogP contribution in [0.15, 0.2) is 48.0 Å². The van der Waals surface area contributed by atoms with Crippen LogP contribution in [0.25, 0.3) is 0 Å². The summed E-state index contributed by atoms with van der Waals surface area (Å²) in [4.78, 5) is 32.9. The highest BCUT2D eigenvalue weighted by atomic mass is 31.1. The molecule has 0 saturated heterocycles. The average molecular weight is 388 g/mol. The van der Waals surface area contributed by atoms with E-state index in [0.29, 0.717) is 11.1 Å². The van der Waals surface area contributed by atoms with E-state index in [9.17, 15) is 14.2 Å². The Bertz CT molecular complexity index is 574. The van der Waals surface area contributed by atoms with Gasteiger partial charge in [0.1, 0.15) is 0 Å². The summed E-state index contributed by atoms with van der Waals surface area (Å²) in [7, 11) is 2.93. The molecule has 0 aromatic heterocycles. The number of nitrogens with zero attached hydrogens (tertiary/aromatic N) is 2. The predicted octanol–water partition coefficient (Wildman–Crippen LogP) is 2.37. The number of hydrogen-bond donors (Lipinski definition) is 0. The summed E-state index contributed by atoms with van der Waals surface area (Å²) in [6.07, 6.45) is 8.08. The molecule has 0 atom stereocenters. The lowest BCUT2D eigenvalue weighted by molar-refractivity contribution is -0.164. The summed E-state index contributed by atoms with van der Waals surface area (Å²) in [5, 5.41) is 2.14. The monoisotopic (exact) mass is 388 g/mol. The van der Waals surface area contributed by atoms with E-state index in [1.807, 2.05) is 0 Å². The van der Waals surface area contributed by atoms with Crippen LogP contribution in [-0.4, -0.2) is 50.3 Å². The largest absolute Gasteiger partial charge is 0.426 e. The van der Waals surface area contributed by atoms with Crippen molar-refractivity contribution in [1.29, 1.82) is 0 Å². The Morgan fingerprint density at radius 2 is 1.15 bits per heavy atom. The summed E-state index contributed by atoms with van der Waals surface area (Å²) >= 11 is 0. The van der Waals surface area contributed by atoms with Crippen molar-refractivity contribution in [3.8, 4) is 0 Å². The van der Waals surface area contributed by atoms with Crippen molar-refractivity contribution in [2.24, 2.45) is 0 Å². The predicted molar refractivity (Wildman–Crippen MR) is 96.5 cm³/mol. The van der Waals surface area contributed by atoms with Gasteiger partial charge >= 0.3 is 8.25 Å². The zero-order valence-electron chi connectivity index (χ0n) is 15.7. The molecule has 0 radical (unpaired) electrons. The van der Waals surface area contributed by atoms with E-state index in [1.165, 1.54) is 52.6 Å². The van der Waals surface area contributed by atoms with Crippen molar-refractivity contribution in [3.05, 3.63) is 48.0 Å². The van der Waals surface area contributed by atoms with Crippen molar-refractivity contribution in [2.45, 2.75) is 13.8 Å². The van der Waals surface area contributed by atoms with E-state index in [2.05, 4.69) is 0 Å². The van der Waals surface area contributed by atoms with Crippen LogP contribution < -0.4 is 0 Å². The van der Waals surface area contributed by atoms with Crippen molar-refractivity contribution in [2.75, 3.05) is 28.3 Å². The zero-order chi connectivity index (χ0) is 20.1. The Morgan fingerprint density at radius 3 is 1.46 bits per heavy atom. The molecule has 26 heavy (non-hydrogen) atoms. The Kier molecular flexibility index (Phi) is 11.8. The number of hydrogen-bond acceptors (Lipinski definition) is 7. The molecule has 0 aromatic rings. The number of carbonyl (C=O) groups is 2. The standard InChI is InChI=1S/C16H25N2O7P/c1-13(15(19)17(3)22-5)9-7-11-24-26(21)25-12-8-10-14(2)16(20)18(4)23-6/h7-12,26H,1-6H3/b11-7+,12-8+,13-9-,14-10-. The molecule has 0 saturated carbocycles. The first-order valence-corrected chi connectivity index (χ1v) is 8.65. The molecule has 0 spiro atoms. The van der Waals surface area contributed by atoms with Crippen LogP contribution in [0.5, 0.6) is 0 Å². The van der Waals surface area contributed by atoms with Gasteiger partial charge in [-0.3, -0.25) is 19.3 Å². The quantitative estimate of drug-likeness (QED) is 0.186.